The Kier molecular flexibility index (Phi) is 6.31. The van der Waals surface area contributed by atoms with Gasteiger partial charge in [-0.05, 0) is 84.1 Å². The summed E-state index contributed by atoms with van der Waals surface area (Å²) in [6, 6.07) is 4.58. The molecular formula is C21H31BFNO4. The molecule has 154 valence electrons. The number of benzene rings is 1. The number of hydrogen-bond acceptors (Lipinski definition) is 4. The molecule has 1 aliphatic heterocycles. The second kappa shape index (κ2) is 7.87. The van der Waals surface area contributed by atoms with Crippen molar-refractivity contribution in [1.29, 1.82) is 0 Å². The second-order valence-electron chi connectivity index (χ2n) is 9.16. The first-order chi connectivity index (χ1) is 12.7. The van der Waals surface area contributed by atoms with Crippen LogP contribution in [0.2, 0.25) is 0 Å². The molecular weight excluding hydrogens is 360 g/mol. The third-order valence-corrected chi connectivity index (χ3v) is 4.97. The highest BCUT2D eigenvalue weighted by atomic mass is 19.1. The van der Waals surface area contributed by atoms with Crippen molar-refractivity contribution in [2.24, 2.45) is 0 Å². The Morgan fingerprint density at radius 1 is 1.21 bits per heavy atom. The first kappa shape index (κ1) is 22.4. The summed E-state index contributed by atoms with van der Waals surface area (Å²) in [6.07, 6.45) is 1.27. The van der Waals surface area contributed by atoms with Crippen LogP contribution in [0.4, 0.5) is 9.18 Å². The Balaban J connectivity index is 2.30. The zero-order valence-electron chi connectivity index (χ0n) is 18.1. The lowest BCUT2D eigenvalue weighted by Gasteiger charge is -2.32. The predicted octanol–water partition coefficient (Wildman–Crippen LogP) is 4.67. The van der Waals surface area contributed by atoms with Gasteiger partial charge in [-0.25, -0.2) is 9.18 Å². The number of rotatable bonds is 4. The number of alkyl carbamates (subject to hydrolysis) is 1. The summed E-state index contributed by atoms with van der Waals surface area (Å²) in [4.78, 5) is 12.1. The molecule has 7 heteroatoms. The van der Waals surface area contributed by atoms with E-state index in [0.29, 0.717) is 11.0 Å². The van der Waals surface area contributed by atoms with Crippen molar-refractivity contribution in [3.63, 3.8) is 0 Å². The van der Waals surface area contributed by atoms with Crippen molar-refractivity contribution < 1.29 is 23.2 Å². The average molecular weight is 391 g/mol. The molecule has 1 saturated heterocycles. The predicted molar refractivity (Wildman–Crippen MR) is 109 cm³/mol. The van der Waals surface area contributed by atoms with Crippen molar-refractivity contribution >= 4 is 19.3 Å². The number of nitrogens with one attached hydrogen (secondary N) is 1. The van der Waals surface area contributed by atoms with E-state index in [0.717, 1.165) is 5.56 Å². The van der Waals surface area contributed by atoms with Crippen LogP contribution in [0.15, 0.2) is 23.7 Å². The fourth-order valence-electron chi connectivity index (χ4n) is 2.65. The lowest BCUT2D eigenvalue weighted by atomic mass is 9.76. The van der Waals surface area contributed by atoms with Crippen LogP contribution in [0.25, 0.3) is 6.08 Å². The molecule has 0 bridgehead atoms. The summed E-state index contributed by atoms with van der Waals surface area (Å²) in [5.74, 6) is -0.329. The van der Waals surface area contributed by atoms with Crippen LogP contribution in [-0.2, 0) is 14.0 Å². The summed E-state index contributed by atoms with van der Waals surface area (Å²) < 4.78 is 31.3. The van der Waals surface area contributed by atoms with Crippen molar-refractivity contribution in [3.05, 3.63) is 40.6 Å². The minimum absolute atomic E-state index is 0.154. The van der Waals surface area contributed by atoms with E-state index in [4.69, 9.17) is 14.0 Å². The fraction of sp³-hybridized carbons (Fsp3) is 0.571. The number of amides is 1. The van der Waals surface area contributed by atoms with E-state index in [-0.39, 0.29) is 12.4 Å². The topological polar surface area (TPSA) is 56.8 Å². The average Bonchev–Trinajstić information content (AvgIpc) is 2.73. The Morgan fingerprint density at radius 3 is 2.32 bits per heavy atom. The quantitative estimate of drug-likeness (QED) is 0.758. The number of halogens is 1. The summed E-state index contributed by atoms with van der Waals surface area (Å²) in [6.45, 7) is 15.3. The van der Waals surface area contributed by atoms with Gasteiger partial charge in [0.2, 0.25) is 0 Å². The normalized spacial score (nSPS) is 18.9. The molecule has 1 heterocycles. The van der Waals surface area contributed by atoms with Gasteiger partial charge in [-0.1, -0.05) is 12.1 Å². The zero-order chi connectivity index (χ0) is 21.3. The highest BCUT2D eigenvalue weighted by molar-refractivity contribution is 6.56. The molecule has 1 aromatic rings. The van der Waals surface area contributed by atoms with E-state index in [1.807, 2.05) is 34.6 Å². The van der Waals surface area contributed by atoms with Gasteiger partial charge in [0.05, 0.1) is 11.2 Å². The van der Waals surface area contributed by atoms with Gasteiger partial charge < -0.3 is 19.4 Å². The zero-order valence-corrected chi connectivity index (χ0v) is 18.1. The Bertz CT molecular complexity index is 752. The van der Waals surface area contributed by atoms with Crippen LogP contribution in [0.1, 0.15) is 59.6 Å². The molecule has 2 rings (SSSR count). The molecule has 1 N–H and O–H groups in total. The maximum atomic E-state index is 13.7. The summed E-state index contributed by atoms with van der Waals surface area (Å²) in [5, 5.41) is 2.74. The summed E-state index contributed by atoms with van der Waals surface area (Å²) >= 11 is 0. The van der Waals surface area contributed by atoms with Crippen molar-refractivity contribution in [2.75, 3.05) is 6.54 Å². The number of aryl methyl sites for hydroxylation is 1. The van der Waals surface area contributed by atoms with Crippen LogP contribution in [0, 0.1) is 12.7 Å². The van der Waals surface area contributed by atoms with E-state index in [1.165, 1.54) is 12.1 Å². The third-order valence-electron chi connectivity index (χ3n) is 4.97. The number of ether oxygens (including phenoxy) is 1. The second-order valence-corrected chi connectivity index (χ2v) is 9.16. The number of carbonyl (C=O) groups is 1. The Morgan fingerprint density at radius 2 is 1.79 bits per heavy atom. The minimum atomic E-state index is -0.664. The lowest BCUT2D eigenvalue weighted by molar-refractivity contribution is 0.00578. The van der Waals surface area contributed by atoms with E-state index < -0.39 is 30.0 Å². The SMILES string of the molecule is Cc1ccc(F)cc1C=C(CNC(=O)OC(C)(C)C)B1OC(C)(C)C(C)(C)O1. The standard InChI is InChI=1S/C21H31BFNO4/c1-14-9-10-17(23)12-15(14)11-16(13-24-18(25)26-19(2,3)4)22-27-20(5,6)21(7,8)28-22/h9-12H,13H2,1-8H3,(H,24,25). The van der Waals surface area contributed by atoms with Crippen LogP contribution >= 0.6 is 0 Å². The van der Waals surface area contributed by atoms with E-state index >= 15 is 0 Å². The van der Waals surface area contributed by atoms with Crippen molar-refractivity contribution in [2.45, 2.75) is 72.2 Å². The summed E-state index contributed by atoms with van der Waals surface area (Å²) in [7, 11) is -0.664. The monoisotopic (exact) mass is 391 g/mol. The summed E-state index contributed by atoms with van der Waals surface area (Å²) in [5.41, 5.74) is 0.637. The van der Waals surface area contributed by atoms with Gasteiger partial charge in [-0.15, -0.1) is 0 Å². The molecule has 0 spiro atoms. The van der Waals surface area contributed by atoms with Crippen LogP contribution in [-0.4, -0.2) is 36.6 Å². The van der Waals surface area contributed by atoms with E-state index in [9.17, 15) is 9.18 Å². The molecule has 0 radical (unpaired) electrons. The highest BCUT2D eigenvalue weighted by Crippen LogP contribution is 2.38. The molecule has 5 nitrogen and oxygen atoms in total. The maximum absolute atomic E-state index is 13.7. The molecule has 0 saturated carbocycles. The fourth-order valence-corrected chi connectivity index (χ4v) is 2.65. The molecule has 1 amide bonds. The van der Waals surface area contributed by atoms with Gasteiger partial charge in [-0.2, -0.15) is 0 Å². The van der Waals surface area contributed by atoms with Crippen molar-refractivity contribution in [3.8, 4) is 0 Å². The van der Waals surface area contributed by atoms with Crippen LogP contribution in [0.3, 0.4) is 0 Å². The lowest BCUT2D eigenvalue weighted by Crippen LogP contribution is -2.41. The molecule has 0 aromatic heterocycles. The first-order valence-electron chi connectivity index (χ1n) is 9.49. The van der Waals surface area contributed by atoms with Gasteiger partial charge in [0, 0.05) is 6.54 Å². The highest BCUT2D eigenvalue weighted by Gasteiger charge is 2.52. The van der Waals surface area contributed by atoms with Gasteiger partial charge in [-0.3, -0.25) is 0 Å². The molecule has 0 atom stereocenters. The van der Waals surface area contributed by atoms with Gasteiger partial charge in [0.15, 0.2) is 0 Å². The Hall–Kier alpha value is -1.86. The maximum Gasteiger partial charge on any atom is 0.492 e. The van der Waals surface area contributed by atoms with E-state index in [1.54, 1.807) is 32.9 Å². The van der Waals surface area contributed by atoms with Gasteiger partial charge in [0.1, 0.15) is 11.4 Å². The molecule has 1 aromatic carbocycles. The van der Waals surface area contributed by atoms with Gasteiger partial charge >= 0.3 is 13.2 Å². The number of carbonyl (C=O) groups excluding carboxylic acids is 1. The first-order valence-corrected chi connectivity index (χ1v) is 9.49. The molecule has 0 unspecified atom stereocenters. The smallest absolute Gasteiger partial charge is 0.444 e. The molecule has 1 fully saturated rings. The number of hydrogen-bond donors (Lipinski definition) is 1. The van der Waals surface area contributed by atoms with Crippen LogP contribution < -0.4 is 5.32 Å². The van der Waals surface area contributed by atoms with Crippen LogP contribution in [0.5, 0.6) is 0 Å². The van der Waals surface area contributed by atoms with E-state index in [2.05, 4.69) is 5.32 Å². The molecule has 28 heavy (non-hydrogen) atoms. The minimum Gasteiger partial charge on any atom is -0.444 e. The van der Waals surface area contributed by atoms with Crippen molar-refractivity contribution in [1.82, 2.24) is 5.32 Å². The third kappa shape index (κ3) is 5.58. The molecule has 0 aliphatic carbocycles. The Labute approximate surface area is 167 Å². The van der Waals surface area contributed by atoms with Gasteiger partial charge in [0.25, 0.3) is 0 Å². The molecule has 1 aliphatic rings. The largest absolute Gasteiger partial charge is 0.492 e.